The number of fused-ring (bicyclic) bond motifs is 1. The smallest absolute Gasteiger partial charge is 0.388 e. The van der Waals surface area contributed by atoms with E-state index in [-0.39, 0.29) is 23.4 Å². The molecule has 27 heavy (non-hydrogen) atoms. The van der Waals surface area contributed by atoms with Crippen molar-refractivity contribution in [2.24, 2.45) is 0 Å². The van der Waals surface area contributed by atoms with E-state index in [4.69, 9.17) is 20.3 Å². The van der Waals surface area contributed by atoms with Gasteiger partial charge in [-0.3, -0.25) is 9.13 Å². The van der Waals surface area contributed by atoms with E-state index in [1.54, 1.807) is 0 Å². The number of nitrogen functional groups attached to an aromatic ring is 1. The second-order valence-electron chi connectivity index (χ2n) is 5.85. The molecule has 2 aromatic heterocycles. The topological polar surface area (TPSA) is 223 Å². The van der Waals surface area contributed by atoms with Gasteiger partial charge in [-0.2, -0.15) is 0 Å². The van der Waals surface area contributed by atoms with Crippen LogP contribution in [0.3, 0.4) is 0 Å². The van der Waals surface area contributed by atoms with Crippen molar-refractivity contribution in [3.63, 3.8) is 0 Å². The molecule has 1 aliphatic rings. The summed E-state index contributed by atoms with van der Waals surface area (Å²) in [5, 5.41) is 20.4. The molecule has 1 saturated heterocycles. The minimum atomic E-state index is -5.16. The van der Waals surface area contributed by atoms with Crippen molar-refractivity contribution in [1.29, 1.82) is 0 Å². The van der Waals surface area contributed by atoms with Crippen LogP contribution in [0.1, 0.15) is 12.6 Å². The van der Waals surface area contributed by atoms with Gasteiger partial charge in [-0.25, -0.2) is 23.8 Å². The Morgan fingerprint density at radius 2 is 1.89 bits per heavy atom. The molecule has 0 aromatic carbocycles. The van der Waals surface area contributed by atoms with Gasteiger partial charge in [-0.05, 0) is 6.42 Å². The Kier molecular flexibility index (Phi) is 5.38. The van der Waals surface area contributed by atoms with Crippen molar-refractivity contribution in [3.05, 3.63) is 12.7 Å². The number of imidazole rings is 1. The molecule has 3 rings (SSSR count). The van der Waals surface area contributed by atoms with E-state index in [1.165, 1.54) is 17.2 Å². The first-order chi connectivity index (χ1) is 12.5. The minimum absolute atomic E-state index is 0.110. The van der Waals surface area contributed by atoms with E-state index < -0.39 is 46.1 Å². The summed E-state index contributed by atoms with van der Waals surface area (Å²) in [6.45, 7) is 0. The van der Waals surface area contributed by atoms with E-state index in [0.717, 1.165) is 0 Å². The zero-order valence-corrected chi connectivity index (χ0v) is 15.3. The maximum absolute atomic E-state index is 11.7. The standard InChI is InChI=1S/C11H17N5O9P2/c12-9-6-10(14-3-13-9)16(4-15-6)11-8(18)7(17)5(24-11)1-2-26(19,20)25-27(21,22)23/h3-5,7-8,11,17-18H,1-2H2,(H,19,20)(H2,12,13,14)(H2,21,22,23)/t5-,7-,8-,11?/m1/s1. The molecule has 0 spiro atoms. The fourth-order valence-corrected chi connectivity index (χ4v) is 4.99. The maximum atomic E-state index is 11.7. The highest BCUT2D eigenvalue weighted by Gasteiger charge is 2.45. The molecular formula is C11H17N5O9P2. The molecule has 14 nitrogen and oxygen atoms in total. The Morgan fingerprint density at radius 1 is 1.19 bits per heavy atom. The van der Waals surface area contributed by atoms with Gasteiger partial charge in [0, 0.05) is 0 Å². The largest absolute Gasteiger partial charge is 0.476 e. The molecule has 16 heteroatoms. The highest BCUT2D eigenvalue weighted by molar-refractivity contribution is 7.63. The van der Waals surface area contributed by atoms with Gasteiger partial charge in [0.05, 0.1) is 18.6 Å². The fourth-order valence-electron chi connectivity index (χ4n) is 2.75. The number of aromatic nitrogens is 4. The lowest BCUT2D eigenvalue weighted by Gasteiger charge is -2.17. The zero-order chi connectivity index (χ0) is 20.0. The molecule has 0 amide bonds. The highest BCUT2D eigenvalue weighted by Crippen LogP contribution is 2.57. The molecule has 5 atom stereocenters. The number of aliphatic hydroxyl groups is 2. The Bertz CT molecular complexity index is 932. The lowest BCUT2D eigenvalue weighted by atomic mass is 10.1. The number of aliphatic hydroxyl groups excluding tert-OH is 2. The molecule has 7 N–H and O–H groups in total. The van der Waals surface area contributed by atoms with E-state index in [9.17, 15) is 24.2 Å². The number of ether oxygens (including phenoxy) is 1. The van der Waals surface area contributed by atoms with Gasteiger partial charge in [0.25, 0.3) is 0 Å². The molecule has 150 valence electrons. The monoisotopic (exact) mass is 425 g/mol. The van der Waals surface area contributed by atoms with Crippen molar-refractivity contribution in [2.45, 2.75) is 31.0 Å². The van der Waals surface area contributed by atoms with Crippen LogP contribution in [0, 0.1) is 0 Å². The van der Waals surface area contributed by atoms with E-state index in [1.807, 2.05) is 0 Å². The molecule has 1 aliphatic heterocycles. The predicted molar refractivity (Wildman–Crippen MR) is 88.1 cm³/mol. The number of phosphoric acid groups is 1. The summed E-state index contributed by atoms with van der Waals surface area (Å²) in [5.74, 6) is 0.110. The number of rotatable bonds is 6. The van der Waals surface area contributed by atoms with Gasteiger partial charge in [0.1, 0.15) is 24.1 Å². The number of hydrogen-bond acceptors (Lipinski definition) is 10. The first kappa shape index (κ1) is 20.3. The SMILES string of the molecule is Nc1ncnc2c1ncn2C1O[C@H](CCP(=O)(O)OP(=O)(O)O)[C@@H](O)[C@H]1O. The van der Waals surface area contributed by atoms with Crippen LogP contribution in [0.25, 0.3) is 11.2 Å². The number of nitrogens with two attached hydrogens (primary N) is 1. The molecule has 2 unspecified atom stereocenters. The van der Waals surface area contributed by atoms with Crippen LogP contribution in [0.4, 0.5) is 5.82 Å². The molecule has 1 fully saturated rings. The first-order valence-corrected chi connectivity index (χ1v) is 10.8. The summed E-state index contributed by atoms with van der Waals surface area (Å²) in [6, 6.07) is 0. The number of hydrogen-bond donors (Lipinski definition) is 6. The number of nitrogens with zero attached hydrogens (tertiary/aromatic N) is 4. The molecule has 0 radical (unpaired) electrons. The molecule has 0 saturated carbocycles. The number of anilines is 1. The van der Waals surface area contributed by atoms with Crippen LogP contribution in [0.2, 0.25) is 0 Å². The second kappa shape index (κ2) is 7.17. The highest BCUT2D eigenvalue weighted by atomic mass is 31.3. The quantitative estimate of drug-likeness (QED) is 0.297. The molecule has 0 aliphatic carbocycles. The summed E-state index contributed by atoms with van der Waals surface area (Å²) in [5.41, 5.74) is 6.20. The summed E-state index contributed by atoms with van der Waals surface area (Å²) in [6.07, 6.45) is -3.65. The predicted octanol–water partition coefficient (Wildman–Crippen LogP) is -1.29. The van der Waals surface area contributed by atoms with Crippen LogP contribution >= 0.6 is 15.4 Å². The molecular weight excluding hydrogens is 408 g/mol. The van der Waals surface area contributed by atoms with E-state index in [2.05, 4.69) is 19.3 Å². The first-order valence-electron chi connectivity index (χ1n) is 7.52. The summed E-state index contributed by atoms with van der Waals surface area (Å²) in [7, 11) is -9.79. The average Bonchev–Trinajstić information content (AvgIpc) is 3.07. The lowest BCUT2D eigenvalue weighted by molar-refractivity contribution is -0.0355. The van der Waals surface area contributed by atoms with Crippen LogP contribution in [0.15, 0.2) is 12.7 Å². The third kappa shape index (κ3) is 4.35. The minimum Gasteiger partial charge on any atom is -0.388 e. The Labute approximate surface area is 151 Å². The van der Waals surface area contributed by atoms with Crippen molar-refractivity contribution in [3.8, 4) is 0 Å². The fraction of sp³-hybridized carbons (Fsp3) is 0.545. The molecule has 2 aromatic rings. The Balaban J connectivity index is 1.75. The summed E-state index contributed by atoms with van der Waals surface area (Å²) in [4.78, 5) is 38.6. The third-order valence-electron chi connectivity index (χ3n) is 3.93. The van der Waals surface area contributed by atoms with Gasteiger partial charge in [-0.1, -0.05) is 0 Å². The van der Waals surface area contributed by atoms with Crippen molar-refractivity contribution >= 4 is 32.4 Å². The normalized spacial score (nSPS) is 28.5. The molecule has 3 heterocycles. The Morgan fingerprint density at radius 3 is 2.56 bits per heavy atom. The van der Waals surface area contributed by atoms with Crippen LogP contribution in [0.5, 0.6) is 0 Å². The van der Waals surface area contributed by atoms with Crippen molar-refractivity contribution < 1.29 is 43.1 Å². The lowest BCUT2D eigenvalue weighted by Crippen LogP contribution is -2.32. The Hall–Kier alpha value is -1.47. The van der Waals surface area contributed by atoms with E-state index in [0.29, 0.717) is 0 Å². The van der Waals surface area contributed by atoms with Crippen LogP contribution < -0.4 is 5.73 Å². The van der Waals surface area contributed by atoms with Crippen molar-refractivity contribution in [2.75, 3.05) is 11.9 Å². The van der Waals surface area contributed by atoms with Gasteiger partial charge in [0.15, 0.2) is 17.7 Å². The van der Waals surface area contributed by atoms with Gasteiger partial charge in [-0.15, -0.1) is 0 Å². The van der Waals surface area contributed by atoms with Crippen molar-refractivity contribution in [1.82, 2.24) is 19.5 Å². The summed E-state index contributed by atoms with van der Waals surface area (Å²) < 4.78 is 33.1. The molecule has 0 bridgehead atoms. The maximum Gasteiger partial charge on any atom is 0.476 e. The van der Waals surface area contributed by atoms with Gasteiger partial charge < -0.3 is 35.4 Å². The average molecular weight is 425 g/mol. The summed E-state index contributed by atoms with van der Waals surface area (Å²) >= 11 is 0. The van der Waals surface area contributed by atoms with Gasteiger partial charge >= 0.3 is 15.4 Å². The van der Waals surface area contributed by atoms with E-state index >= 15 is 0 Å². The second-order valence-corrected chi connectivity index (χ2v) is 9.21. The van der Waals surface area contributed by atoms with Crippen LogP contribution in [-0.4, -0.2) is 68.9 Å². The zero-order valence-electron chi connectivity index (χ0n) is 13.5. The van der Waals surface area contributed by atoms with Crippen LogP contribution in [-0.2, 0) is 18.2 Å². The third-order valence-corrected chi connectivity index (χ3v) is 6.62. The van der Waals surface area contributed by atoms with Gasteiger partial charge in [0.2, 0.25) is 0 Å².